The highest BCUT2D eigenvalue weighted by atomic mass is 32.1. The Morgan fingerprint density at radius 3 is 1.26 bits per heavy atom. The molecule has 0 atom stereocenters. The first kappa shape index (κ1) is 25.3. The summed E-state index contributed by atoms with van der Waals surface area (Å²) in [5.74, 6) is 2.01. The molecule has 0 fully saturated rings. The lowest BCUT2D eigenvalue weighted by molar-refractivity contribution is 1.07. The van der Waals surface area contributed by atoms with E-state index >= 15 is 0 Å². The van der Waals surface area contributed by atoms with Crippen LogP contribution in [0.4, 0.5) is 0 Å². The number of hydrogen-bond acceptors (Lipinski definition) is 4. The Morgan fingerprint density at radius 1 is 0.326 bits per heavy atom. The highest BCUT2D eigenvalue weighted by Gasteiger charge is 2.15. The van der Waals surface area contributed by atoms with Crippen molar-refractivity contribution in [3.8, 4) is 56.4 Å². The van der Waals surface area contributed by atoms with E-state index in [-0.39, 0.29) is 0 Å². The van der Waals surface area contributed by atoms with Crippen LogP contribution in [0.25, 0.3) is 76.6 Å². The van der Waals surface area contributed by atoms with Crippen molar-refractivity contribution in [2.75, 3.05) is 0 Å². The Bertz CT molecular complexity index is 2170. The lowest BCUT2D eigenvalue weighted by atomic mass is 9.94. The van der Waals surface area contributed by atoms with E-state index < -0.39 is 0 Å². The third-order valence-corrected chi connectivity index (χ3v) is 8.87. The second-order valence-corrected chi connectivity index (χ2v) is 11.6. The Morgan fingerprint density at radius 2 is 0.721 bits per heavy atom. The van der Waals surface area contributed by atoms with Gasteiger partial charge in [0.1, 0.15) is 0 Å². The second-order valence-electron chi connectivity index (χ2n) is 10.5. The molecule has 0 amide bonds. The molecule has 0 unspecified atom stereocenters. The molecule has 0 radical (unpaired) electrons. The van der Waals surface area contributed by atoms with Gasteiger partial charge in [0.15, 0.2) is 17.5 Å². The molecule has 202 valence electrons. The number of thiophene rings is 1. The first-order valence-electron chi connectivity index (χ1n) is 14.3. The minimum absolute atomic E-state index is 0.669. The fourth-order valence-electron chi connectivity index (χ4n) is 5.63. The molecule has 0 aliphatic rings. The SMILES string of the molecule is c1ccc(-c2nc(-c3ccccc3)nc(-c3ccc4c(c3)sc3cc(-c5ccccc5-c5ccccc5)ccc34)n2)cc1. The third-order valence-electron chi connectivity index (χ3n) is 7.75. The van der Waals surface area contributed by atoms with Gasteiger partial charge in [-0.05, 0) is 34.4 Å². The highest BCUT2D eigenvalue weighted by molar-refractivity contribution is 7.25. The van der Waals surface area contributed by atoms with E-state index in [1.807, 2.05) is 72.0 Å². The topological polar surface area (TPSA) is 38.7 Å². The number of fused-ring (bicyclic) bond motifs is 3. The van der Waals surface area contributed by atoms with Crippen LogP contribution in [0.3, 0.4) is 0 Å². The van der Waals surface area contributed by atoms with Crippen molar-refractivity contribution in [2.45, 2.75) is 0 Å². The van der Waals surface area contributed by atoms with Crippen LogP contribution >= 0.6 is 11.3 Å². The maximum atomic E-state index is 4.93. The van der Waals surface area contributed by atoms with E-state index in [1.54, 1.807) is 0 Å². The molecule has 8 aromatic rings. The molecule has 3 nitrogen and oxygen atoms in total. The normalized spacial score (nSPS) is 11.3. The third kappa shape index (κ3) is 4.78. The average Bonchev–Trinajstić information content (AvgIpc) is 3.46. The number of nitrogens with zero attached hydrogens (tertiary/aromatic N) is 3. The molecule has 0 N–H and O–H groups in total. The molecule has 0 bridgehead atoms. The lowest BCUT2D eigenvalue weighted by Crippen LogP contribution is -1.99. The van der Waals surface area contributed by atoms with E-state index in [1.165, 1.54) is 42.4 Å². The Labute approximate surface area is 253 Å². The molecule has 0 aliphatic heterocycles. The van der Waals surface area contributed by atoms with Crippen molar-refractivity contribution in [3.05, 3.63) is 152 Å². The summed E-state index contributed by atoms with van der Waals surface area (Å²) in [6, 6.07) is 52.8. The molecular weight excluding hydrogens is 543 g/mol. The van der Waals surface area contributed by atoms with Crippen LogP contribution in [0.2, 0.25) is 0 Å². The van der Waals surface area contributed by atoms with Crippen molar-refractivity contribution in [1.82, 2.24) is 15.0 Å². The molecule has 0 spiro atoms. The van der Waals surface area contributed by atoms with E-state index in [4.69, 9.17) is 15.0 Å². The molecule has 2 heterocycles. The van der Waals surface area contributed by atoms with Crippen LogP contribution in [-0.2, 0) is 0 Å². The van der Waals surface area contributed by atoms with E-state index in [0.717, 1.165) is 16.7 Å². The number of benzene rings is 6. The van der Waals surface area contributed by atoms with Gasteiger partial charge in [0.2, 0.25) is 0 Å². The van der Waals surface area contributed by atoms with Gasteiger partial charge in [0.25, 0.3) is 0 Å². The fraction of sp³-hybridized carbons (Fsp3) is 0. The zero-order valence-electron chi connectivity index (χ0n) is 23.2. The van der Waals surface area contributed by atoms with Gasteiger partial charge >= 0.3 is 0 Å². The van der Waals surface area contributed by atoms with Crippen LogP contribution in [-0.4, -0.2) is 15.0 Å². The average molecular weight is 568 g/mol. The van der Waals surface area contributed by atoms with Gasteiger partial charge in [-0.25, -0.2) is 15.0 Å². The zero-order valence-corrected chi connectivity index (χ0v) is 24.0. The summed E-state index contributed by atoms with van der Waals surface area (Å²) in [7, 11) is 0. The molecule has 43 heavy (non-hydrogen) atoms. The quantitative estimate of drug-likeness (QED) is 0.208. The smallest absolute Gasteiger partial charge is 0.164 e. The van der Waals surface area contributed by atoms with Crippen molar-refractivity contribution < 1.29 is 0 Å². The first-order chi connectivity index (χ1) is 21.3. The molecule has 8 rings (SSSR count). The largest absolute Gasteiger partial charge is 0.208 e. The molecule has 2 aromatic heterocycles. The predicted molar refractivity (Wildman–Crippen MR) is 180 cm³/mol. The maximum absolute atomic E-state index is 4.93. The second kappa shape index (κ2) is 10.8. The molecular formula is C39H25N3S. The van der Waals surface area contributed by atoms with E-state index in [2.05, 4.69) is 91.0 Å². The summed E-state index contributed by atoms with van der Waals surface area (Å²) in [5, 5.41) is 2.50. The Kier molecular flexibility index (Phi) is 6.32. The molecule has 0 saturated heterocycles. The van der Waals surface area contributed by atoms with Gasteiger partial charge in [-0.2, -0.15) is 0 Å². The summed E-state index contributed by atoms with van der Waals surface area (Å²) in [4.78, 5) is 14.7. The van der Waals surface area contributed by atoms with Crippen LogP contribution < -0.4 is 0 Å². The van der Waals surface area contributed by atoms with Crippen LogP contribution in [0, 0.1) is 0 Å². The lowest BCUT2D eigenvalue weighted by Gasteiger charge is -2.10. The molecule has 4 heteroatoms. The first-order valence-corrected chi connectivity index (χ1v) is 15.1. The van der Waals surface area contributed by atoms with Gasteiger partial charge < -0.3 is 0 Å². The van der Waals surface area contributed by atoms with Crippen LogP contribution in [0.5, 0.6) is 0 Å². The summed E-state index contributed by atoms with van der Waals surface area (Å²) in [6.45, 7) is 0. The van der Waals surface area contributed by atoms with E-state index in [0.29, 0.717) is 17.5 Å². The van der Waals surface area contributed by atoms with Gasteiger partial charge in [0, 0.05) is 36.9 Å². The van der Waals surface area contributed by atoms with Gasteiger partial charge in [-0.3, -0.25) is 0 Å². The maximum Gasteiger partial charge on any atom is 0.164 e. The van der Waals surface area contributed by atoms with Gasteiger partial charge in [-0.15, -0.1) is 11.3 Å². The van der Waals surface area contributed by atoms with Crippen LogP contribution in [0.15, 0.2) is 152 Å². The number of aromatic nitrogens is 3. The monoisotopic (exact) mass is 567 g/mol. The fourth-order valence-corrected chi connectivity index (χ4v) is 6.81. The van der Waals surface area contributed by atoms with Gasteiger partial charge in [-0.1, -0.05) is 140 Å². The summed E-state index contributed by atoms with van der Waals surface area (Å²) in [6.07, 6.45) is 0. The van der Waals surface area contributed by atoms with Crippen molar-refractivity contribution in [1.29, 1.82) is 0 Å². The summed E-state index contributed by atoms with van der Waals surface area (Å²) in [5.41, 5.74) is 7.83. The number of rotatable bonds is 5. The minimum atomic E-state index is 0.669. The Balaban J connectivity index is 1.24. The molecule has 0 saturated carbocycles. The van der Waals surface area contributed by atoms with Crippen molar-refractivity contribution in [3.63, 3.8) is 0 Å². The number of hydrogen-bond donors (Lipinski definition) is 0. The van der Waals surface area contributed by atoms with Crippen molar-refractivity contribution >= 4 is 31.5 Å². The standard InChI is InChI=1S/C39H25N3S/c1-4-12-26(13-5-1)31-18-10-11-19-32(31)29-20-22-33-34-23-21-30(25-36(34)43-35(33)24-29)39-41-37(27-14-6-2-7-15-27)40-38(42-39)28-16-8-3-9-17-28/h1-25H. The molecule has 6 aromatic carbocycles. The minimum Gasteiger partial charge on any atom is -0.208 e. The van der Waals surface area contributed by atoms with Gasteiger partial charge in [0.05, 0.1) is 0 Å². The zero-order chi connectivity index (χ0) is 28.6. The van der Waals surface area contributed by atoms with Crippen molar-refractivity contribution in [2.24, 2.45) is 0 Å². The van der Waals surface area contributed by atoms with Crippen LogP contribution in [0.1, 0.15) is 0 Å². The highest BCUT2D eigenvalue weighted by Crippen LogP contribution is 2.40. The van der Waals surface area contributed by atoms with E-state index in [9.17, 15) is 0 Å². The summed E-state index contributed by atoms with van der Waals surface area (Å²) >= 11 is 1.81. The Hall–Kier alpha value is -5.45. The molecule has 0 aliphatic carbocycles. The summed E-state index contributed by atoms with van der Waals surface area (Å²) < 4.78 is 2.47. The predicted octanol–water partition coefficient (Wildman–Crippen LogP) is 10.6.